The molecule has 6 aromatic rings. The van der Waals surface area contributed by atoms with E-state index in [0.717, 1.165) is 74.0 Å². The van der Waals surface area contributed by atoms with Crippen molar-refractivity contribution in [2.45, 2.75) is 48.3 Å². The van der Waals surface area contributed by atoms with Gasteiger partial charge in [-0.2, -0.15) is 0 Å². The Kier molecular flexibility index (Phi) is 9.01. The summed E-state index contributed by atoms with van der Waals surface area (Å²) in [5, 5.41) is 1.07. The van der Waals surface area contributed by atoms with E-state index in [4.69, 9.17) is 19.9 Å². The summed E-state index contributed by atoms with van der Waals surface area (Å²) in [6.07, 6.45) is 30.1. The molecular weight excluding hydrogens is 765 g/mol. The van der Waals surface area contributed by atoms with E-state index < -0.39 is 10.8 Å². The number of ketones is 1. The van der Waals surface area contributed by atoms with Crippen molar-refractivity contribution >= 4 is 34.0 Å². The average Bonchev–Trinajstić information content (AvgIpc) is 3.56. The summed E-state index contributed by atoms with van der Waals surface area (Å²) in [5.41, 5.74) is 9.24. The van der Waals surface area contributed by atoms with Gasteiger partial charge in [0, 0.05) is 44.9 Å². The van der Waals surface area contributed by atoms with Crippen molar-refractivity contribution in [2.75, 3.05) is 0 Å². The third-order valence-electron chi connectivity index (χ3n) is 13.3. The molecule has 0 saturated heterocycles. The van der Waals surface area contributed by atoms with Crippen LogP contribution in [-0.2, 0) is 5.41 Å². The number of hydrogen-bond donors (Lipinski definition) is 0. The minimum absolute atomic E-state index is 0.0545. The van der Waals surface area contributed by atoms with Gasteiger partial charge in [-0.1, -0.05) is 189 Å². The lowest BCUT2D eigenvalue weighted by molar-refractivity contribution is 0.103. The standard InChI is InChI=1S/C55H42N4OS/c1-3-43-50(48(60)53-58-51(36-21-9-5-10-22-36)57-52(59-53)37-23-11-6-12-24-37)61-49-41(40-27-17-26-39-38(32-34-56-47(39)40)35-19-7-4-8-20-35)28-18-31-46(49)55(43)45-30-14-13-25-42(45)44-29-15-16-33-54(44,55)2/h3-5,7-11,13-21,23-34,36,44H,1,6,12,22H2,2H3. The molecule has 0 amide bonds. The van der Waals surface area contributed by atoms with Crippen molar-refractivity contribution < 1.29 is 4.79 Å². The largest absolute Gasteiger partial charge is 0.284 e. The third kappa shape index (κ3) is 5.65. The van der Waals surface area contributed by atoms with Gasteiger partial charge in [0.15, 0.2) is 5.82 Å². The molecule has 11 rings (SSSR count). The van der Waals surface area contributed by atoms with E-state index in [9.17, 15) is 0 Å². The van der Waals surface area contributed by atoms with Crippen molar-refractivity contribution in [1.82, 2.24) is 19.9 Å². The van der Waals surface area contributed by atoms with Crippen molar-refractivity contribution in [2.24, 2.45) is 5.41 Å². The third-order valence-corrected chi connectivity index (χ3v) is 14.5. The van der Waals surface area contributed by atoms with Gasteiger partial charge in [0.1, 0.15) is 5.82 Å². The number of allylic oxidation sites excluding steroid dienone is 15. The Balaban J connectivity index is 1.19. The minimum Gasteiger partial charge on any atom is -0.284 e. The highest BCUT2D eigenvalue weighted by molar-refractivity contribution is 8.04. The van der Waals surface area contributed by atoms with E-state index in [-0.39, 0.29) is 23.4 Å². The zero-order valence-corrected chi connectivity index (χ0v) is 34.6. The topological polar surface area (TPSA) is 68.6 Å². The Bertz CT molecular complexity index is 3060. The van der Waals surface area contributed by atoms with Crippen LogP contribution in [-0.4, -0.2) is 25.7 Å². The summed E-state index contributed by atoms with van der Waals surface area (Å²) in [6.45, 7) is 6.87. The Morgan fingerprint density at radius 2 is 1.61 bits per heavy atom. The van der Waals surface area contributed by atoms with Crippen molar-refractivity contribution in [3.05, 3.63) is 227 Å². The molecule has 4 aliphatic carbocycles. The van der Waals surface area contributed by atoms with Gasteiger partial charge in [-0.05, 0) is 64.3 Å². The SMILES string of the molecule is C=CC1=C(C(=O)c2nc(C3=CCCC=C3)nc(C3C=CC=CC3)n2)Sc2c(-c3cccc4c(-c5ccccc5)ccnc34)cccc2C12c1ccccc1C1C=CC=CC12C. The van der Waals surface area contributed by atoms with Crippen LogP contribution in [0.15, 0.2) is 198 Å². The first-order chi connectivity index (χ1) is 30.0. The number of hydrogen-bond acceptors (Lipinski definition) is 6. The summed E-state index contributed by atoms with van der Waals surface area (Å²) in [4.78, 5) is 37.6. The van der Waals surface area contributed by atoms with Crippen LogP contribution in [0.2, 0.25) is 0 Å². The molecule has 0 bridgehead atoms. The molecule has 5 nitrogen and oxygen atoms in total. The maximum atomic E-state index is 15.8. The molecule has 1 aliphatic heterocycles. The lowest BCUT2D eigenvalue weighted by Gasteiger charge is -2.50. The molecule has 61 heavy (non-hydrogen) atoms. The van der Waals surface area contributed by atoms with E-state index in [1.165, 1.54) is 22.9 Å². The highest BCUT2D eigenvalue weighted by atomic mass is 32.2. The molecule has 2 aromatic heterocycles. The number of pyridine rings is 1. The Labute approximate surface area is 360 Å². The number of para-hydroxylation sites is 1. The van der Waals surface area contributed by atoms with Gasteiger partial charge in [-0.15, -0.1) is 0 Å². The van der Waals surface area contributed by atoms with Crippen molar-refractivity contribution in [1.29, 1.82) is 0 Å². The number of carbonyl (C=O) groups excluding carboxylic acids is 1. The molecule has 4 aromatic carbocycles. The number of nitrogens with zero attached hydrogens (tertiary/aromatic N) is 4. The second-order valence-corrected chi connectivity index (χ2v) is 17.5. The van der Waals surface area contributed by atoms with Gasteiger partial charge >= 0.3 is 0 Å². The van der Waals surface area contributed by atoms with Crippen molar-refractivity contribution in [3.63, 3.8) is 0 Å². The maximum absolute atomic E-state index is 15.8. The lowest BCUT2D eigenvalue weighted by atomic mass is 9.54. The van der Waals surface area contributed by atoms with E-state index in [2.05, 4.69) is 159 Å². The predicted octanol–water partition coefficient (Wildman–Crippen LogP) is 13.0. The first-order valence-corrected chi connectivity index (χ1v) is 21.9. The van der Waals surface area contributed by atoms with Crippen molar-refractivity contribution in [3.8, 4) is 22.3 Å². The summed E-state index contributed by atoms with van der Waals surface area (Å²) in [5.74, 6) is 1.02. The monoisotopic (exact) mass is 806 g/mol. The average molecular weight is 807 g/mol. The summed E-state index contributed by atoms with van der Waals surface area (Å²) in [7, 11) is 0. The van der Waals surface area contributed by atoms with E-state index >= 15 is 4.79 Å². The summed E-state index contributed by atoms with van der Waals surface area (Å²) >= 11 is 1.51. The fourth-order valence-electron chi connectivity index (χ4n) is 10.5. The molecule has 1 spiro atoms. The fraction of sp³-hybridized carbons (Fsp3) is 0.145. The number of thioether (sulfide) groups is 1. The predicted molar refractivity (Wildman–Crippen MR) is 248 cm³/mol. The van der Waals surface area contributed by atoms with Gasteiger partial charge in [-0.25, -0.2) is 15.0 Å². The van der Waals surface area contributed by atoms with E-state index in [1.807, 2.05) is 30.5 Å². The van der Waals surface area contributed by atoms with Crippen LogP contribution >= 0.6 is 11.8 Å². The molecule has 6 heteroatoms. The normalized spacial score (nSPS) is 23.2. The quantitative estimate of drug-likeness (QED) is 0.150. The van der Waals surface area contributed by atoms with Gasteiger partial charge in [0.2, 0.25) is 11.6 Å². The first kappa shape index (κ1) is 37.3. The van der Waals surface area contributed by atoms with Gasteiger partial charge < -0.3 is 0 Å². The molecular formula is C55H42N4OS. The molecule has 0 radical (unpaired) electrons. The van der Waals surface area contributed by atoms with Crippen LogP contribution in [0.1, 0.15) is 77.0 Å². The number of benzene rings is 4. The van der Waals surface area contributed by atoms with Crippen LogP contribution in [0.5, 0.6) is 0 Å². The second-order valence-electron chi connectivity index (χ2n) is 16.5. The fourth-order valence-corrected chi connectivity index (χ4v) is 11.9. The highest BCUT2D eigenvalue weighted by Crippen LogP contribution is 2.71. The van der Waals surface area contributed by atoms with Crippen LogP contribution in [0.25, 0.3) is 38.7 Å². The molecule has 3 heterocycles. The first-order valence-electron chi connectivity index (χ1n) is 21.1. The zero-order chi connectivity index (χ0) is 41.1. The Hall–Kier alpha value is -6.76. The number of carbonyl (C=O) groups is 1. The van der Waals surface area contributed by atoms with Crippen LogP contribution in [0.4, 0.5) is 0 Å². The molecule has 5 aliphatic rings. The number of Topliss-reactive ketones (excluding diaryl/α,β-unsaturated/α-hetero) is 1. The highest BCUT2D eigenvalue weighted by Gasteiger charge is 2.63. The summed E-state index contributed by atoms with van der Waals surface area (Å²) in [6, 6.07) is 34.4. The minimum atomic E-state index is -0.795. The number of rotatable bonds is 7. The maximum Gasteiger partial charge on any atom is 0.237 e. The van der Waals surface area contributed by atoms with Crippen LogP contribution < -0.4 is 0 Å². The smallest absolute Gasteiger partial charge is 0.237 e. The number of aromatic nitrogens is 4. The van der Waals surface area contributed by atoms with Crippen LogP contribution in [0, 0.1) is 5.41 Å². The Morgan fingerprint density at radius 3 is 2.44 bits per heavy atom. The second kappa shape index (κ2) is 14.8. The Morgan fingerprint density at radius 1 is 0.787 bits per heavy atom. The summed E-state index contributed by atoms with van der Waals surface area (Å²) < 4.78 is 0. The molecule has 4 unspecified atom stereocenters. The van der Waals surface area contributed by atoms with Crippen LogP contribution in [0.3, 0.4) is 0 Å². The lowest BCUT2D eigenvalue weighted by Crippen LogP contribution is -2.46. The van der Waals surface area contributed by atoms with E-state index in [0.29, 0.717) is 16.6 Å². The molecule has 0 saturated carbocycles. The zero-order valence-electron chi connectivity index (χ0n) is 33.8. The molecule has 294 valence electrons. The van der Waals surface area contributed by atoms with E-state index in [1.54, 1.807) is 0 Å². The van der Waals surface area contributed by atoms with Gasteiger partial charge in [-0.3, -0.25) is 9.78 Å². The molecule has 0 N–H and O–H groups in total. The molecule has 0 fully saturated rings. The van der Waals surface area contributed by atoms with Gasteiger partial charge in [0.25, 0.3) is 0 Å². The number of fused-ring (bicyclic) bond motifs is 8. The molecule has 4 atom stereocenters. The van der Waals surface area contributed by atoms with Gasteiger partial charge in [0.05, 0.1) is 15.8 Å².